The predicted octanol–water partition coefficient (Wildman–Crippen LogP) is 5.56. The number of ether oxygens (including phenoxy) is 2. The van der Waals surface area contributed by atoms with E-state index in [0.717, 1.165) is 13.9 Å². The molecule has 20 heavy (non-hydrogen) atoms. The average Bonchev–Trinajstić information content (AvgIpc) is 2.76. The normalized spacial score (nSPS) is 10.4. The van der Waals surface area contributed by atoms with Crippen LogP contribution in [0.15, 0.2) is 26.5 Å². The van der Waals surface area contributed by atoms with Crippen molar-refractivity contribution in [2.75, 3.05) is 19.5 Å². The number of hydrogen-bond donors (Lipinski definition) is 1. The standard InChI is InChI=1S/C13H12Br2ClNO2S/c1-18-11-4-9(16)10(5-12(11)19-2)17-6-7-3-8(14)13(15)20-7/h3-5,17H,6H2,1-2H3. The first-order valence-electron chi connectivity index (χ1n) is 5.64. The number of methoxy groups -OCH3 is 2. The van der Waals surface area contributed by atoms with Crippen LogP contribution in [0.4, 0.5) is 5.69 Å². The molecule has 1 aromatic carbocycles. The zero-order valence-corrected chi connectivity index (χ0v) is 15.5. The van der Waals surface area contributed by atoms with E-state index in [1.807, 2.05) is 6.07 Å². The molecule has 0 saturated heterocycles. The fourth-order valence-electron chi connectivity index (χ4n) is 1.65. The van der Waals surface area contributed by atoms with Crippen LogP contribution in [-0.2, 0) is 6.54 Å². The molecule has 0 aliphatic carbocycles. The topological polar surface area (TPSA) is 30.5 Å². The number of halogens is 3. The number of thiophene rings is 1. The molecule has 0 atom stereocenters. The first-order valence-corrected chi connectivity index (χ1v) is 8.42. The SMILES string of the molecule is COc1cc(Cl)c(NCc2cc(Br)c(Br)s2)cc1OC. The molecule has 0 spiro atoms. The van der Waals surface area contributed by atoms with Crippen LogP contribution >= 0.6 is 54.8 Å². The van der Waals surface area contributed by atoms with Crippen molar-refractivity contribution >= 4 is 60.5 Å². The molecule has 7 heteroatoms. The Morgan fingerprint density at radius 2 is 1.80 bits per heavy atom. The fraction of sp³-hybridized carbons (Fsp3) is 0.231. The van der Waals surface area contributed by atoms with Gasteiger partial charge in [0.05, 0.1) is 28.7 Å². The van der Waals surface area contributed by atoms with Crippen molar-refractivity contribution in [2.24, 2.45) is 0 Å². The quantitative estimate of drug-likeness (QED) is 0.659. The largest absolute Gasteiger partial charge is 0.493 e. The second-order valence-corrected chi connectivity index (χ2v) is 7.59. The summed E-state index contributed by atoms with van der Waals surface area (Å²) in [6, 6.07) is 5.64. The van der Waals surface area contributed by atoms with Crippen LogP contribution in [0, 0.1) is 0 Å². The molecule has 2 rings (SSSR count). The van der Waals surface area contributed by atoms with Gasteiger partial charge in [-0.3, -0.25) is 0 Å². The minimum Gasteiger partial charge on any atom is -0.493 e. The van der Waals surface area contributed by atoms with Crippen LogP contribution in [-0.4, -0.2) is 14.2 Å². The van der Waals surface area contributed by atoms with E-state index in [2.05, 4.69) is 43.2 Å². The molecule has 108 valence electrons. The lowest BCUT2D eigenvalue weighted by molar-refractivity contribution is 0.355. The highest BCUT2D eigenvalue weighted by molar-refractivity contribution is 9.13. The van der Waals surface area contributed by atoms with Crippen molar-refractivity contribution in [2.45, 2.75) is 6.54 Å². The van der Waals surface area contributed by atoms with Crippen LogP contribution in [0.1, 0.15) is 4.88 Å². The lowest BCUT2D eigenvalue weighted by Crippen LogP contribution is -1.99. The van der Waals surface area contributed by atoms with Crippen molar-refractivity contribution in [1.82, 2.24) is 0 Å². The molecule has 1 N–H and O–H groups in total. The Labute approximate surface area is 143 Å². The van der Waals surface area contributed by atoms with E-state index in [-0.39, 0.29) is 0 Å². The van der Waals surface area contributed by atoms with E-state index in [1.54, 1.807) is 31.6 Å². The smallest absolute Gasteiger partial charge is 0.162 e. The maximum atomic E-state index is 6.23. The summed E-state index contributed by atoms with van der Waals surface area (Å²) < 4.78 is 12.6. The van der Waals surface area contributed by atoms with E-state index >= 15 is 0 Å². The third-order valence-electron chi connectivity index (χ3n) is 2.62. The van der Waals surface area contributed by atoms with Gasteiger partial charge in [-0.2, -0.15) is 0 Å². The van der Waals surface area contributed by atoms with E-state index in [4.69, 9.17) is 21.1 Å². The number of rotatable bonds is 5. The minimum atomic E-state index is 0.595. The number of anilines is 1. The van der Waals surface area contributed by atoms with Crippen LogP contribution < -0.4 is 14.8 Å². The first kappa shape index (κ1) is 15.9. The van der Waals surface area contributed by atoms with Gasteiger partial charge in [0.1, 0.15) is 0 Å². The maximum absolute atomic E-state index is 6.23. The second kappa shape index (κ2) is 7.02. The van der Waals surface area contributed by atoms with E-state index in [9.17, 15) is 0 Å². The Morgan fingerprint density at radius 1 is 1.15 bits per heavy atom. The number of hydrogen-bond acceptors (Lipinski definition) is 4. The van der Waals surface area contributed by atoms with Crippen molar-refractivity contribution in [3.8, 4) is 11.5 Å². The zero-order valence-electron chi connectivity index (χ0n) is 10.8. The summed E-state index contributed by atoms with van der Waals surface area (Å²) in [6.45, 7) is 0.685. The van der Waals surface area contributed by atoms with Crippen molar-refractivity contribution in [3.05, 3.63) is 36.4 Å². The minimum absolute atomic E-state index is 0.595. The Morgan fingerprint density at radius 3 is 2.35 bits per heavy atom. The van der Waals surface area contributed by atoms with Crippen LogP contribution in [0.2, 0.25) is 5.02 Å². The highest BCUT2D eigenvalue weighted by Gasteiger charge is 2.10. The fourth-order valence-corrected chi connectivity index (χ4v) is 3.99. The molecule has 0 radical (unpaired) electrons. The van der Waals surface area contributed by atoms with Crippen molar-refractivity contribution in [3.63, 3.8) is 0 Å². The number of nitrogens with one attached hydrogen (secondary N) is 1. The first-order chi connectivity index (χ1) is 9.55. The lowest BCUT2D eigenvalue weighted by atomic mass is 10.2. The van der Waals surface area contributed by atoms with E-state index in [0.29, 0.717) is 23.1 Å². The Balaban J connectivity index is 2.16. The van der Waals surface area contributed by atoms with E-state index in [1.165, 1.54) is 4.88 Å². The summed E-state index contributed by atoms with van der Waals surface area (Å²) in [7, 11) is 3.19. The number of benzene rings is 1. The summed E-state index contributed by atoms with van der Waals surface area (Å²) in [4.78, 5) is 1.19. The monoisotopic (exact) mass is 439 g/mol. The molecular formula is C13H12Br2ClNO2S. The molecule has 1 aromatic heterocycles. The molecule has 3 nitrogen and oxygen atoms in total. The third kappa shape index (κ3) is 3.61. The van der Waals surface area contributed by atoms with Gasteiger partial charge in [0, 0.05) is 28.0 Å². The lowest BCUT2D eigenvalue weighted by Gasteiger charge is -2.12. The van der Waals surface area contributed by atoms with Gasteiger partial charge in [-0.1, -0.05) is 11.6 Å². The highest BCUT2D eigenvalue weighted by Crippen LogP contribution is 2.37. The molecule has 0 bridgehead atoms. The molecule has 1 heterocycles. The van der Waals surface area contributed by atoms with Gasteiger partial charge in [-0.25, -0.2) is 0 Å². The van der Waals surface area contributed by atoms with Gasteiger partial charge < -0.3 is 14.8 Å². The van der Waals surface area contributed by atoms with Gasteiger partial charge in [0.25, 0.3) is 0 Å². The Hall–Kier alpha value is -0.430. The summed E-state index contributed by atoms with van der Waals surface area (Å²) >= 11 is 14.8. The third-order valence-corrected chi connectivity index (χ3v) is 6.19. The molecule has 0 saturated carbocycles. The Kier molecular flexibility index (Phi) is 5.60. The average molecular weight is 442 g/mol. The molecule has 0 unspecified atom stereocenters. The Bertz CT molecular complexity index is 599. The van der Waals surface area contributed by atoms with Gasteiger partial charge in [0.2, 0.25) is 0 Å². The van der Waals surface area contributed by atoms with Crippen molar-refractivity contribution in [1.29, 1.82) is 0 Å². The van der Waals surface area contributed by atoms with E-state index < -0.39 is 0 Å². The maximum Gasteiger partial charge on any atom is 0.162 e. The second-order valence-electron chi connectivity index (χ2n) is 3.87. The van der Waals surface area contributed by atoms with Crippen molar-refractivity contribution < 1.29 is 9.47 Å². The molecular weight excluding hydrogens is 429 g/mol. The molecule has 0 aliphatic heterocycles. The van der Waals surface area contributed by atoms with Gasteiger partial charge >= 0.3 is 0 Å². The molecule has 0 aliphatic rings. The highest BCUT2D eigenvalue weighted by atomic mass is 79.9. The van der Waals surface area contributed by atoms with Crippen LogP contribution in [0.5, 0.6) is 11.5 Å². The molecule has 2 aromatic rings. The van der Waals surface area contributed by atoms with Crippen LogP contribution in [0.3, 0.4) is 0 Å². The predicted molar refractivity (Wildman–Crippen MR) is 91.6 cm³/mol. The van der Waals surface area contributed by atoms with Crippen LogP contribution in [0.25, 0.3) is 0 Å². The summed E-state index contributed by atoms with van der Waals surface area (Å²) in [5.41, 5.74) is 0.810. The van der Waals surface area contributed by atoms with Gasteiger partial charge in [-0.05, 0) is 37.9 Å². The summed E-state index contributed by atoms with van der Waals surface area (Å²) in [5, 5.41) is 3.89. The summed E-state index contributed by atoms with van der Waals surface area (Å²) in [5.74, 6) is 1.26. The van der Waals surface area contributed by atoms with Gasteiger partial charge in [-0.15, -0.1) is 11.3 Å². The molecule has 0 amide bonds. The zero-order chi connectivity index (χ0) is 14.7. The van der Waals surface area contributed by atoms with Gasteiger partial charge in [0.15, 0.2) is 11.5 Å². The molecule has 0 fully saturated rings. The summed E-state index contributed by atoms with van der Waals surface area (Å²) in [6.07, 6.45) is 0.